The number of aromatic hydroxyl groups is 1. The van der Waals surface area contributed by atoms with Crippen LogP contribution < -0.4 is 0 Å². The van der Waals surface area contributed by atoms with Crippen LogP contribution in [0.2, 0.25) is 0 Å². The summed E-state index contributed by atoms with van der Waals surface area (Å²) in [7, 11) is 0. The van der Waals surface area contributed by atoms with Gasteiger partial charge in [0.2, 0.25) is 0 Å². The van der Waals surface area contributed by atoms with E-state index in [9.17, 15) is 5.11 Å². The number of phenolic OH excluding ortho intramolecular Hbond substituents is 1. The van der Waals surface area contributed by atoms with E-state index in [-0.39, 0.29) is 32.7 Å². The van der Waals surface area contributed by atoms with Crippen molar-refractivity contribution >= 4 is 0 Å². The third-order valence-corrected chi connectivity index (χ3v) is 1.90. The topological polar surface area (TPSA) is 20.2 Å². The third-order valence-electron chi connectivity index (χ3n) is 1.90. The molecule has 1 aromatic rings. The van der Waals surface area contributed by atoms with E-state index in [1.54, 1.807) is 0 Å². The number of aryl methyl sites for hydroxylation is 3. The van der Waals surface area contributed by atoms with Crippen LogP contribution in [0.5, 0.6) is 5.75 Å². The van der Waals surface area contributed by atoms with E-state index in [2.05, 4.69) is 0 Å². The van der Waals surface area contributed by atoms with Crippen LogP contribution in [0, 0.1) is 13.8 Å². The summed E-state index contributed by atoms with van der Waals surface area (Å²) in [6.07, 6.45) is 0.897. The van der Waals surface area contributed by atoms with Crippen LogP contribution in [0.1, 0.15) is 23.6 Å². The zero-order valence-electron chi connectivity index (χ0n) is 7.89. The van der Waals surface area contributed by atoms with Crippen LogP contribution in [-0.4, -0.2) is 5.11 Å². The summed E-state index contributed by atoms with van der Waals surface area (Å²) in [6, 6.07) is 4.02. The molecule has 0 aliphatic heterocycles. The minimum absolute atomic E-state index is 0. The van der Waals surface area contributed by atoms with Gasteiger partial charge in [-0.1, -0.05) is 24.6 Å². The van der Waals surface area contributed by atoms with Crippen LogP contribution in [0.15, 0.2) is 12.1 Å². The molecule has 0 aliphatic rings. The van der Waals surface area contributed by atoms with Crippen molar-refractivity contribution in [3.8, 4) is 5.75 Å². The van der Waals surface area contributed by atoms with Crippen LogP contribution in [0.3, 0.4) is 0 Å². The van der Waals surface area contributed by atoms with Gasteiger partial charge in [-0.05, 0) is 31.4 Å². The summed E-state index contributed by atoms with van der Waals surface area (Å²) in [5.41, 5.74) is 3.24. The molecule has 0 saturated heterocycles. The van der Waals surface area contributed by atoms with Crippen molar-refractivity contribution in [2.24, 2.45) is 0 Å². The maximum Gasteiger partial charge on any atom is 0.121 e. The van der Waals surface area contributed by atoms with Crippen molar-refractivity contribution in [1.29, 1.82) is 0 Å². The Hall–Kier alpha value is 0.124. The number of hydrogen-bond donors (Lipinski definition) is 1. The van der Waals surface area contributed by atoms with E-state index < -0.39 is 0 Å². The van der Waals surface area contributed by atoms with Gasteiger partial charge in [-0.25, -0.2) is 0 Å². The van der Waals surface area contributed by atoms with Crippen LogP contribution in [0.25, 0.3) is 0 Å². The van der Waals surface area contributed by atoms with Gasteiger partial charge in [0, 0.05) is 32.7 Å². The molecular weight excluding hydrogens is 225 g/mol. The van der Waals surface area contributed by atoms with Gasteiger partial charge < -0.3 is 5.11 Å². The first-order valence-electron chi connectivity index (χ1n) is 3.94. The molecule has 0 atom stereocenters. The molecule has 0 unspecified atom stereocenters. The maximum atomic E-state index is 9.52. The van der Waals surface area contributed by atoms with Gasteiger partial charge in [0.15, 0.2) is 0 Å². The molecule has 1 rings (SSSR count). The molecule has 0 fully saturated rings. The standard InChI is InChI=1S/C10H14O.Y/c1-4-9-6-7(2)5-8(3)10(9)11;/h5-6,11H,4H2,1-3H3;. The van der Waals surface area contributed by atoms with Crippen molar-refractivity contribution in [3.63, 3.8) is 0 Å². The van der Waals surface area contributed by atoms with E-state index in [4.69, 9.17) is 0 Å². The SMILES string of the molecule is CCc1cc(C)cc(C)c1O.[Y]. The molecule has 0 aromatic heterocycles. The molecule has 0 bridgehead atoms. The Labute approximate surface area is 99.1 Å². The summed E-state index contributed by atoms with van der Waals surface area (Å²) in [5, 5.41) is 9.52. The van der Waals surface area contributed by atoms with Gasteiger partial charge in [-0.15, -0.1) is 0 Å². The predicted molar refractivity (Wildman–Crippen MR) is 47.0 cm³/mol. The van der Waals surface area contributed by atoms with E-state index in [0.717, 1.165) is 17.5 Å². The van der Waals surface area contributed by atoms with Crippen molar-refractivity contribution in [1.82, 2.24) is 0 Å². The molecule has 1 nitrogen and oxygen atoms in total. The first kappa shape index (κ1) is 12.1. The number of hydrogen-bond acceptors (Lipinski definition) is 1. The summed E-state index contributed by atoms with van der Waals surface area (Å²) in [6.45, 7) is 6.03. The minimum Gasteiger partial charge on any atom is -0.507 e. The van der Waals surface area contributed by atoms with Crippen LogP contribution >= 0.6 is 0 Å². The molecule has 1 radical (unpaired) electrons. The van der Waals surface area contributed by atoms with Crippen molar-refractivity contribution in [3.05, 3.63) is 28.8 Å². The summed E-state index contributed by atoms with van der Waals surface area (Å²) < 4.78 is 0. The smallest absolute Gasteiger partial charge is 0.121 e. The molecule has 1 N–H and O–H groups in total. The van der Waals surface area contributed by atoms with E-state index in [1.165, 1.54) is 5.56 Å². The van der Waals surface area contributed by atoms with Crippen molar-refractivity contribution in [2.45, 2.75) is 27.2 Å². The Kier molecular flexibility index (Phi) is 5.04. The number of phenols is 1. The van der Waals surface area contributed by atoms with Crippen LogP contribution in [0.4, 0.5) is 0 Å². The van der Waals surface area contributed by atoms with E-state index in [0.29, 0.717) is 5.75 Å². The summed E-state index contributed by atoms with van der Waals surface area (Å²) in [5.74, 6) is 0.457. The van der Waals surface area contributed by atoms with Gasteiger partial charge in [0.05, 0.1) is 0 Å². The minimum atomic E-state index is 0. The second kappa shape index (κ2) is 4.98. The molecule has 0 saturated carbocycles. The monoisotopic (exact) mass is 239 g/mol. The summed E-state index contributed by atoms with van der Waals surface area (Å²) in [4.78, 5) is 0. The molecule has 1 aromatic carbocycles. The first-order chi connectivity index (χ1) is 5.15. The average molecular weight is 239 g/mol. The van der Waals surface area contributed by atoms with Crippen molar-refractivity contribution in [2.75, 3.05) is 0 Å². The van der Waals surface area contributed by atoms with Gasteiger partial charge in [0.25, 0.3) is 0 Å². The normalized spacial score (nSPS) is 9.25. The van der Waals surface area contributed by atoms with E-state index in [1.807, 2.05) is 32.9 Å². The molecule has 0 spiro atoms. The Morgan fingerprint density at radius 2 is 1.83 bits per heavy atom. The second-order valence-corrected chi connectivity index (χ2v) is 2.94. The fourth-order valence-corrected chi connectivity index (χ4v) is 1.32. The fourth-order valence-electron chi connectivity index (χ4n) is 1.32. The first-order valence-corrected chi connectivity index (χ1v) is 3.94. The summed E-state index contributed by atoms with van der Waals surface area (Å²) >= 11 is 0. The molecule has 12 heavy (non-hydrogen) atoms. The quantitative estimate of drug-likeness (QED) is 0.798. The molecule has 0 heterocycles. The molecule has 2 heteroatoms. The molecule has 63 valence electrons. The number of rotatable bonds is 1. The maximum absolute atomic E-state index is 9.52. The van der Waals surface area contributed by atoms with E-state index >= 15 is 0 Å². The van der Waals surface area contributed by atoms with Crippen molar-refractivity contribution < 1.29 is 37.8 Å². The fraction of sp³-hybridized carbons (Fsp3) is 0.400. The Morgan fingerprint density at radius 1 is 1.25 bits per heavy atom. The molecule has 0 aliphatic carbocycles. The van der Waals surface area contributed by atoms with Gasteiger partial charge >= 0.3 is 0 Å². The molecule has 0 amide bonds. The van der Waals surface area contributed by atoms with Gasteiger partial charge in [-0.2, -0.15) is 0 Å². The zero-order valence-corrected chi connectivity index (χ0v) is 10.7. The zero-order chi connectivity index (χ0) is 8.43. The van der Waals surface area contributed by atoms with Crippen LogP contribution in [-0.2, 0) is 39.1 Å². The van der Waals surface area contributed by atoms with Gasteiger partial charge in [0.1, 0.15) is 5.75 Å². The molecular formula is C10H14OY. The Bertz CT molecular complexity index is 269. The predicted octanol–water partition coefficient (Wildman–Crippen LogP) is 2.57. The average Bonchev–Trinajstić information content (AvgIpc) is 1.96. The van der Waals surface area contributed by atoms with Gasteiger partial charge in [-0.3, -0.25) is 0 Å². The largest absolute Gasteiger partial charge is 0.507 e. The Morgan fingerprint density at radius 3 is 2.33 bits per heavy atom. The second-order valence-electron chi connectivity index (χ2n) is 2.94. The number of benzene rings is 1. The third kappa shape index (κ3) is 2.57. The Balaban J connectivity index is 0.00000121.